The lowest BCUT2D eigenvalue weighted by Gasteiger charge is -2.27. The maximum atomic E-state index is 13.5. The van der Waals surface area contributed by atoms with Gasteiger partial charge < -0.3 is 52.1 Å². The van der Waals surface area contributed by atoms with Crippen molar-refractivity contribution >= 4 is 47.8 Å². The first-order valence-electron chi connectivity index (χ1n) is 24.3. The molecule has 0 amide bonds. The fraction of sp³-hybridized carbons (Fsp3) is 0.357. The number of hydrogen-bond acceptors (Lipinski definition) is 19. The van der Waals surface area contributed by atoms with Gasteiger partial charge in [0.1, 0.15) is 52.2 Å². The van der Waals surface area contributed by atoms with Crippen LogP contribution in [0.15, 0.2) is 110 Å². The van der Waals surface area contributed by atoms with Gasteiger partial charge in [0.05, 0.1) is 57.2 Å². The lowest BCUT2D eigenvalue weighted by Crippen LogP contribution is -2.28. The Hall–Kier alpha value is -8.32. The van der Waals surface area contributed by atoms with Crippen LogP contribution in [0.1, 0.15) is 106 Å². The fourth-order valence-electron chi connectivity index (χ4n) is 7.41. The molecule has 0 spiro atoms. The molecule has 75 heavy (non-hydrogen) atoms. The molecule has 1 aliphatic rings. The molecule has 398 valence electrons. The van der Waals surface area contributed by atoms with E-state index >= 15 is 0 Å². The van der Waals surface area contributed by atoms with E-state index in [-0.39, 0.29) is 84.0 Å². The van der Waals surface area contributed by atoms with Crippen molar-refractivity contribution in [2.45, 2.75) is 64.7 Å². The topological polar surface area (TPSA) is 238 Å². The highest BCUT2D eigenvalue weighted by Crippen LogP contribution is 2.35. The number of rotatable bonds is 29. The van der Waals surface area contributed by atoms with Crippen molar-refractivity contribution in [3.05, 3.63) is 132 Å². The predicted octanol–water partition coefficient (Wildman–Crippen LogP) is 8.59. The van der Waals surface area contributed by atoms with Gasteiger partial charge in [-0.3, -0.25) is 9.59 Å². The number of unbranched alkanes of at least 4 members (excludes halogenated alkanes) is 2. The minimum atomic E-state index is -0.856. The van der Waals surface area contributed by atoms with Gasteiger partial charge in [-0.05, 0) is 143 Å². The zero-order chi connectivity index (χ0) is 54.0. The SMILES string of the molecule is C=CC(=O)OCCCCOc1ccc(C(=O)Oc2ccc(OC(=O)C3CCCC(CC(=O)Oc4ccc(OC(=O)c5ccc(OCCCCOC(=O)C=C)cc5)c(C(=O)OCCOCC)c4)C3)cc2C(=O)OC)cc1. The molecule has 0 aromatic heterocycles. The molecule has 4 aromatic carbocycles. The zero-order valence-corrected chi connectivity index (χ0v) is 41.9. The molecule has 5 rings (SSSR count). The summed E-state index contributed by atoms with van der Waals surface area (Å²) in [7, 11) is 1.15. The molecule has 1 aliphatic carbocycles. The van der Waals surface area contributed by atoms with E-state index in [1.165, 1.54) is 60.7 Å². The highest BCUT2D eigenvalue weighted by Gasteiger charge is 2.31. The maximum Gasteiger partial charge on any atom is 0.343 e. The maximum absolute atomic E-state index is 13.5. The number of benzene rings is 4. The first-order valence-corrected chi connectivity index (χ1v) is 24.3. The van der Waals surface area contributed by atoms with E-state index in [0.717, 1.165) is 19.3 Å². The summed E-state index contributed by atoms with van der Waals surface area (Å²) in [4.78, 5) is 102. The number of hydrogen-bond donors (Lipinski definition) is 0. The normalized spacial score (nSPS) is 13.7. The third kappa shape index (κ3) is 19.2. The molecule has 19 nitrogen and oxygen atoms in total. The lowest BCUT2D eigenvalue weighted by molar-refractivity contribution is -0.142. The second-order valence-corrected chi connectivity index (χ2v) is 16.7. The average Bonchev–Trinajstić information content (AvgIpc) is 3.42. The molecular formula is C56H60O19. The molecule has 0 N–H and O–H groups in total. The van der Waals surface area contributed by atoms with Crippen molar-refractivity contribution in [2.24, 2.45) is 11.8 Å². The molecule has 0 radical (unpaired) electrons. The van der Waals surface area contributed by atoms with Gasteiger partial charge in [0.2, 0.25) is 0 Å². The van der Waals surface area contributed by atoms with Crippen LogP contribution < -0.4 is 28.4 Å². The van der Waals surface area contributed by atoms with Gasteiger partial charge in [0.25, 0.3) is 0 Å². The molecule has 2 atom stereocenters. The number of ether oxygens (including phenoxy) is 11. The van der Waals surface area contributed by atoms with Gasteiger partial charge >= 0.3 is 47.8 Å². The first kappa shape index (κ1) is 57.6. The molecule has 19 heteroatoms. The Morgan fingerprint density at radius 2 is 1.03 bits per heavy atom. The van der Waals surface area contributed by atoms with Gasteiger partial charge in [0, 0.05) is 25.2 Å². The van der Waals surface area contributed by atoms with Crippen molar-refractivity contribution in [1.29, 1.82) is 0 Å². The minimum Gasteiger partial charge on any atom is -0.494 e. The summed E-state index contributed by atoms with van der Waals surface area (Å²) in [6.07, 6.45) is 6.52. The van der Waals surface area contributed by atoms with Gasteiger partial charge in [-0.1, -0.05) is 19.6 Å². The van der Waals surface area contributed by atoms with Gasteiger partial charge in [-0.15, -0.1) is 0 Å². The van der Waals surface area contributed by atoms with E-state index in [0.29, 0.717) is 82.7 Å². The summed E-state index contributed by atoms with van der Waals surface area (Å²) in [5, 5.41) is 0. The molecule has 1 saturated carbocycles. The zero-order valence-electron chi connectivity index (χ0n) is 41.9. The smallest absolute Gasteiger partial charge is 0.343 e. The Bertz CT molecular complexity index is 2620. The molecule has 4 aromatic rings. The number of carbonyl (C=O) groups is 8. The number of carbonyl (C=O) groups excluding carboxylic acids is 8. The van der Waals surface area contributed by atoms with E-state index in [9.17, 15) is 38.4 Å². The Balaban J connectivity index is 1.14. The van der Waals surface area contributed by atoms with Crippen LogP contribution in [0.25, 0.3) is 0 Å². The second-order valence-electron chi connectivity index (χ2n) is 16.7. The predicted molar refractivity (Wildman–Crippen MR) is 267 cm³/mol. The van der Waals surface area contributed by atoms with Crippen molar-refractivity contribution in [3.63, 3.8) is 0 Å². The van der Waals surface area contributed by atoms with Crippen LogP contribution in [0.2, 0.25) is 0 Å². The molecule has 0 saturated heterocycles. The summed E-state index contributed by atoms with van der Waals surface area (Å²) in [6.45, 7) is 10.1. The fourth-order valence-corrected chi connectivity index (χ4v) is 7.41. The van der Waals surface area contributed by atoms with E-state index < -0.39 is 53.7 Å². The van der Waals surface area contributed by atoms with Crippen molar-refractivity contribution in [1.82, 2.24) is 0 Å². The van der Waals surface area contributed by atoms with Gasteiger partial charge in [0.15, 0.2) is 0 Å². The van der Waals surface area contributed by atoms with Crippen molar-refractivity contribution in [3.8, 4) is 34.5 Å². The average molecular weight is 1040 g/mol. The van der Waals surface area contributed by atoms with Crippen LogP contribution in [0.3, 0.4) is 0 Å². The third-order valence-corrected chi connectivity index (χ3v) is 11.2. The quantitative estimate of drug-likeness (QED) is 0.0163. The molecule has 2 unspecified atom stereocenters. The van der Waals surface area contributed by atoms with E-state index in [1.807, 2.05) is 0 Å². The molecule has 0 bridgehead atoms. The largest absolute Gasteiger partial charge is 0.494 e. The molecule has 0 aliphatic heterocycles. The van der Waals surface area contributed by atoms with Crippen LogP contribution in [-0.4, -0.2) is 101 Å². The minimum absolute atomic E-state index is 0.00120. The van der Waals surface area contributed by atoms with Gasteiger partial charge in [-0.2, -0.15) is 0 Å². The third-order valence-electron chi connectivity index (χ3n) is 11.2. The standard InChI is InChI=1S/C56H60O19/c1-5-49(57)69-29-10-8-27-67-41-19-15-38(16-20-41)52(60)74-47-26-24-44(36-45(47)55(63)65-4)73-54(62)40-14-12-13-37(33-40)34-51(59)72-43-23-25-48(46(35-43)56(64)71-32-31-66-7-3)75-53(61)39-17-21-42(22-18-39)68-28-9-11-30-70-50(58)6-2/h5-6,15-26,35-37,40H,1-2,7-14,27-34H2,3-4H3. The van der Waals surface area contributed by atoms with Crippen LogP contribution in [0, 0.1) is 11.8 Å². The molecule has 1 fully saturated rings. The van der Waals surface area contributed by atoms with Crippen molar-refractivity contribution < 1.29 is 90.5 Å². The molecule has 0 heterocycles. The summed E-state index contributed by atoms with van der Waals surface area (Å²) in [5.74, 6) is -5.66. The lowest BCUT2D eigenvalue weighted by atomic mass is 9.80. The Morgan fingerprint density at radius 3 is 1.53 bits per heavy atom. The summed E-state index contributed by atoms with van der Waals surface area (Å²) < 4.78 is 59.3. The van der Waals surface area contributed by atoms with Gasteiger partial charge in [-0.25, -0.2) is 28.8 Å². The van der Waals surface area contributed by atoms with E-state index in [1.54, 1.807) is 31.2 Å². The van der Waals surface area contributed by atoms with Crippen LogP contribution in [0.5, 0.6) is 34.5 Å². The second kappa shape index (κ2) is 30.7. The Labute approximate surface area is 433 Å². The Kier molecular flexibility index (Phi) is 23.5. The summed E-state index contributed by atoms with van der Waals surface area (Å²) in [6, 6.07) is 20.2. The monoisotopic (exact) mass is 1040 g/mol. The summed E-state index contributed by atoms with van der Waals surface area (Å²) >= 11 is 0. The highest BCUT2D eigenvalue weighted by atomic mass is 16.6. The van der Waals surface area contributed by atoms with Crippen LogP contribution in [-0.2, 0) is 42.9 Å². The number of esters is 8. The van der Waals surface area contributed by atoms with E-state index in [4.69, 9.17) is 52.1 Å². The van der Waals surface area contributed by atoms with E-state index in [2.05, 4.69) is 13.2 Å². The van der Waals surface area contributed by atoms with Crippen LogP contribution in [0.4, 0.5) is 0 Å². The first-order chi connectivity index (χ1) is 36.3. The van der Waals surface area contributed by atoms with Crippen molar-refractivity contribution in [2.75, 3.05) is 53.4 Å². The molecular weight excluding hydrogens is 977 g/mol. The summed E-state index contributed by atoms with van der Waals surface area (Å²) in [5.41, 5.74) is -0.0262. The Morgan fingerprint density at radius 1 is 0.533 bits per heavy atom. The van der Waals surface area contributed by atoms with Crippen LogP contribution >= 0.6 is 0 Å². The number of methoxy groups -OCH3 is 1. The highest BCUT2D eigenvalue weighted by molar-refractivity contribution is 5.98.